The lowest BCUT2D eigenvalue weighted by Gasteiger charge is -2.33. The lowest BCUT2D eigenvalue weighted by molar-refractivity contribution is 0.617. The Labute approximate surface area is 124 Å². The van der Waals surface area contributed by atoms with Crippen molar-refractivity contribution < 1.29 is 0 Å². The van der Waals surface area contributed by atoms with Crippen LogP contribution in [-0.4, -0.2) is 11.4 Å². The quantitative estimate of drug-likeness (QED) is 0.646. The van der Waals surface area contributed by atoms with Gasteiger partial charge in [0, 0.05) is 22.7 Å². The molecule has 0 aliphatic heterocycles. The summed E-state index contributed by atoms with van der Waals surface area (Å²) in [6.45, 7) is 2.26. The van der Waals surface area contributed by atoms with Crippen molar-refractivity contribution in [2.24, 2.45) is 0 Å². The number of rotatable bonds is 6. The molecule has 2 aromatic carbocycles. The van der Waals surface area contributed by atoms with E-state index in [0.29, 0.717) is 6.04 Å². The number of hydrogen-bond donors (Lipinski definition) is 0. The van der Waals surface area contributed by atoms with Crippen molar-refractivity contribution in [1.82, 2.24) is 0 Å². The van der Waals surface area contributed by atoms with Gasteiger partial charge in [-0.05, 0) is 37.1 Å². The number of anilines is 2. The Morgan fingerprint density at radius 2 is 1.37 bits per heavy atom. The van der Waals surface area contributed by atoms with Gasteiger partial charge >= 0.3 is 0 Å². The maximum atomic E-state index is 3.58. The van der Waals surface area contributed by atoms with E-state index < -0.39 is 0 Å². The van der Waals surface area contributed by atoms with Crippen molar-refractivity contribution in [2.75, 3.05) is 10.2 Å². The lowest BCUT2D eigenvalue weighted by Crippen LogP contribution is -2.30. The fourth-order valence-electron chi connectivity index (χ4n) is 2.39. The van der Waals surface area contributed by atoms with E-state index in [1.54, 1.807) is 0 Å². The average molecular weight is 318 g/mol. The van der Waals surface area contributed by atoms with Crippen LogP contribution in [0.3, 0.4) is 0 Å². The van der Waals surface area contributed by atoms with E-state index >= 15 is 0 Å². The summed E-state index contributed by atoms with van der Waals surface area (Å²) in [6, 6.07) is 21.8. The third-order valence-electron chi connectivity index (χ3n) is 3.35. The van der Waals surface area contributed by atoms with Gasteiger partial charge in [0.25, 0.3) is 0 Å². The Kier molecular flexibility index (Phi) is 5.46. The normalized spacial score (nSPS) is 12.1. The summed E-state index contributed by atoms with van der Waals surface area (Å²) in [5.74, 6) is 0. The molecule has 2 aromatic rings. The first kappa shape index (κ1) is 14.1. The van der Waals surface area contributed by atoms with Crippen LogP contribution in [0, 0.1) is 0 Å². The van der Waals surface area contributed by atoms with Crippen LogP contribution in [-0.2, 0) is 0 Å². The maximum Gasteiger partial charge on any atom is 0.0413 e. The van der Waals surface area contributed by atoms with Crippen molar-refractivity contribution in [1.29, 1.82) is 0 Å². The maximum absolute atomic E-state index is 3.58. The minimum atomic E-state index is 0.518. The molecule has 0 aromatic heterocycles. The first-order valence-electron chi connectivity index (χ1n) is 6.82. The van der Waals surface area contributed by atoms with Gasteiger partial charge in [-0.25, -0.2) is 0 Å². The first-order chi connectivity index (χ1) is 9.36. The zero-order valence-electron chi connectivity index (χ0n) is 11.3. The highest BCUT2D eigenvalue weighted by Crippen LogP contribution is 2.30. The van der Waals surface area contributed by atoms with Gasteiger partial charge in [-0.1, -0.05) is 59.3 Å². The molecule has 0 aliphatic rings. The minimum absolute atomic E-state index is 0.518. The highest BCUT2D eigenvalue weighted by atomic mass is 79.9. The van der Waals surface area contributed by atoms with Gasteiger partial charge in [0.1, 0.15) is 0 Å². The van der Waals surface area contributed by atoms with Crippen molar-refractivity contribution in [3.05, 3.63) is 60.7 Å². The summed E-state index contributed by atoms with van der Waals surface area (Å²) in [5.41, 5.74) is 2.53. The van der Waals surface area contributed by atoms with Gasteiger partial charge in [-0.15, -0.1) is 0 Å². The van der Waals surface area contributed by atoms with Crippen LogP contribution < -0.4 is 4.90 Å². The summed E-state index contributed by atoms with van der Waals surface area (Å²) in [6.07, 6.45) is 2.27. The molecule has 1 atom stereocenters. The molecule has 0 saturated carbocycles. The van der Waals surface area contributed by atoms with E-state index in [9.17, 15) is 0 Å². The van der Waals surface area contributed by atoms with Gasteiger partial charge in [0.15, 0.2) is 0 Å². The number of halogens is 1. The van der Waals surface area contributed by atoms with E-state index in [0.717, 1.165) is 18.2 Å². The molecule has 0 fully saturated rings. The third kappa shape index (κ3) is 3.60. The van der Waals surface area contributed by atoms with E-state index in [1.807, 2.05) is 0 Å². The van der Waals surface area contributed by atoms with Crippen LogP contribution in [0.5, 0.6) is 0 Å². The fraction of sp³-hybridized carbons (Fsp3) is 0.294. The molecule has 0 saturated heterocycles. The van der Waals surface area contributed by atoms with Crippen LogP contribution in [0.1, 0.15) is 19.8 Å². The van der Waals surface area contributed by atoms with E-state index in [-0.39, 0.29) is 0 Å². The molecule has 0 spiro atoms. The van der Waals surface area contributed by atoms with E-state index in [2.05, 4.69) is 88.4 Å². The molecular weight excluding hydrogens is 298 g/mol. The summed E-state index contributed by atoms with van der Waals surface area (Å²) < 4.78 is 0. The second-order valence-corrected chi connectivity index (χ2v) is 5.37. The second-order valence-electron chi connectivity index (χ2n) is 4.58. The lowest BCUT2D eigenvalue weighted by atomic mass is 10.1. The Morgan fingerprint density at radius 3 is 1.74 bits per heavy atom. The molecular formula is C17H20BrN. The zero-order valence-corrected chi connectivity index (χ0v) is 12.9. The molecule has 0 aliphatic carbocycles. The molecule has 0 bridgehead atoms. The van der Waals surface area contributed by atoms with Crippen LogP contribution in [0.15, 0.2) is 60.7 Å². The Balaban J connectivity index is 2.38. The average Bonchev–Trinajstić information content (AvgIpc) is 2.49. The first-order valence-corrected chi connectivity index (χ1v) is 7.94. The van der Waals surface area contributed by atoms with Gasteiger partial charge < -0.3 is 4.90 Å². The minimum Gasteiger partial charge on any atom is -0.338 e. The van der Waals surface area contributed by atoms with Crippen molar-refractivity contribution >= 4 is 27.3 Å². The smallest absolute Gasteiger partial charge is 0.0413 e. The SMILES string of the molecule is CCC(CCBr)N(c1ccccc1)c1ccccc1. The summed E-state index contributed by atoms with van der Waals surface area (Å²) in [5, 5.41) is 1.03. The van der Waals surface area contributed by atoms with Crippen LogP contribution in [0.25, 0.3) is 0 Å². The molecule has 0 heterocycles. The molecule has 0 amide bonds. The highest BCUT2D eigenvalue weighted by Gasteiger charge is 2.18. The van der Waals surface area contributed by atoms with Crippen molar-refractivity contribution in [3.8, 4) is 0 Å². The zero-order chi connectivity index (χ0) is 13.5. The number of benzene rings is 2. The third-order valence-corrected chi connectivity index (χ3v) is 3.81. The molecule has 100 valence electrons. The Morgan fingerprint density at radius 1 is 0.895 bits per heavy atom. The van der Waals surface area contributed by atoms with Crippen molar-refractivity contribution in [3.63, 3.8) is 0 Å². The Bertz CT molecular complexity index is 430. The van der Waals surface area contributed by atoms with Gasteiger partial charge in [0.05, 0.1) is 0 Å². The fourth-order valence-corrected chi connectivity index (χ4v) is 2.92. The van der Waals surface area contributed by atoms with Crippen LogP contribution >= 0.6 is 15.9 Å². The largest absolute Gasteiger partial charge is 0.338 e. The summed E-state index contributed by atoms with van der Waals surface area (Å²) in [4.78, 5) is 2.45. The van der Waals surface area contributed by atoms with Crippen LogP contribution in [0.2, 0.25) is 0 Å². The van der Waals surface area contributed by atoms with Crippen LogP contribution in [0.4, 0.5) is 11.4 Å². The van der Waals surface area contributed by atoms with E-state index in [1.165, 1.54) is 11.4 Å². The molecule has 0 N–H and O–H groups in total. The Hall–Kier alpha value is -1.28. The van der Waals surface area contributed by atoms with Gasteiger partial charge in [0.2, 0.25) is 0 Å². The molecule has 1 nitrogen and oxygen atoms in total. The molecule has 0 radical (unpaired) electrons. The number of nitrogens with zero attached hydrogens (tertiary/aromatic N) is 1. The molecule has 2 rings (SSSR count). The number of hydrogen-bond acceptors (Lipinski definition) is 1. The predicted octanol–water partition coefficient (Wildman–Crippen LogP) is 5.39. The van der Waals surface area contributed by atoms with Gasteiger partial charge in [-0.2, -0.15) is 0 Å². The molecule has 1 unspecified atom stereocenters. The topological polar surface area (TPSA) is 3.24 Å². The molecule has 19 heavy (non-hydrogen) atoms. The number of alkyl halides is 1. The highest BCUT2D eigenvalue weighted by molar-refractivity contribution is 9.09. The second kappa shape index (κ2) is 7.34. The monoisotopic (exact) mass is 317 g/mol. The van der Waals surface area contributed by atoms with Crippen molar-refractivity contribution in [2.45, 2.75) is 25.8 Å². The van der Waals surface area contributed by atoms with E-state index in [4.69, 9.17) is 0 Å². The summed E-state index contributed by atoms with van der Waals surface area (Å²) >= 11 is 3.58. The number of para-hydroxylation sites is 2. The van der Waals surface area contributed by atoms with Gasteiger partial charge in [-0.3, -0.25) is 0 Å². The predicted molar refractivity (Wildman–Crippen MR) is 87.5 cm³/mol. The molecule has 2 heteroatoms. The summed E-state index contributed by atoms with van der Waals surface area (Å²) in [7, 11) is 0. The standard InChI is InChI=1S/C17H20BrN/c1-2-15(13-14-18)19(16-9-5-3-6-10-16)17-11-7-4-8-12-17/h3-12,15H,2,13-14H2,1H3.